The highest BCUT2D eigenvalue weighted by atomic mass is 32.1. The van der Waals surface area contributed by atoms with E-state index in [1.807, 2.05) is 40.5 Å². The molecule has 2 rings (SSSR count). The van der Waals surface area contributed by atoms with Crippen LogP contribution in [-0.2, 0) is 9.53 Å². The van der Waals surface area contributed by atoms with Crippen molar-refractivity contribution in [2.24, 2.45) is 0 Å². The Morgan fingerprint density at radius 3 is 2.78 bits per heavy atom. The number of thiophene rings is 1. The van der Waals surface area contributed by atoms with Gasteiger partial charge in [-0.1, -0.05) is 0 Å². The monoisotopic (exact) mass is 264 g/mol. The molecule has 2 aromatic heterocycles. The highest BCUT2D eigenvalue weighted by Crippen LogP contribution is 2.20. The predicted octanol–water partition coefficient (Wildman–Crippen LogP) is 1.44. The van der Waals surface area contributed by atoms with Crippen LogP contribution in [0.25, 0.3) is 5.69 Å². The number of nitrogens with one attached hydrogen (secondary N) is 1. The van der Waals surface area contributed by atoms with Gasteiger partial charge in [0.05, 0.1) is 12.8 Å². The summed E-state index contributed by atoms with van der Waals surface area (Å²) in [5.74, 6) is -0.749. The SMILES string of the molecule is COC(=O)CNC(=O)c1sccc1-n1cccc1. The van der Waals surface area contributed by atoms with Gasteiger partial charge in [-0.2, -0.15) is 0 Å². The number of ether oxygens (including phenoxy) is 1. The van der Waals surface area contributed by atoms with Gasteiger partial charge in [0, 0.05) is 12.4 Å². The lowest BCUT2D eigenvalue weighted by Crippen LogP contribution is -2.30. The molecule has 1 N–H and O–H groups in total. The van der Waals surface area contributed by atoms with Crippen LogP contribution in [0.4, 0.5) is 0 Å². The second-order valence-corrected chi connectivity index (χ2v) is 4.40. The van der Waals surface area contributed by atoms with Crippen LogP contribution in [0, 0.1) is 0 Å². The van der Waals surface area contributed by atoms with Crippen LogP contribution in [0.3, 0.4) is 0 Å². The molecule has 0 bridgehead atoms. The number of carbonyl (C=O) groups excluding carboxylic acids is 2. The molecule has 0 aliphatic carbocycles. The number of methoxy groups -OCH3 is 1. The number of aromatic nitrogens is 1. The molecule has 0 aliphatic heterocycles. The molecule has 0 saturated heterocycles. The fourth-order valence-electron chi connectivity index (χ4n) is 1.48. The minimum Gasteiger partial charge on any atom is -0.468 e. The maximum atomic E-state index is 11.9. The predicted molar refractivity (Wildman–Crippen MR) is 68.0 cm³/mol. The van der Waals surface area contributed by atoms with Gasteiger partial charge in [-0.15, -0.1) is 11.3 Å². The van der Waals surface area contributed by atoms with Gasteiger partial charge in [0.25, 0.3) is 5.91 Å². The average Bonchev–Trinajstić information content (AvgIpc) is 3.04. The third-order valence-corrected chi connectivity index (χ3v) is 3.26. The Kier molecular flexibility index (Phi) is 3.78. The molecule has 0 saturated carbocycles. The summed E-state index contributed by atoms with van der Waals surface area (Å²) in [6.07, 6.45) is 3.72. The molecule has 0 radical (unpaired) electrons. The molecule has 6 heteroatoms. The molecular formula is C12H12N2O3S. The molecular weight excluding hydrogens is 252 g/mol. The Hall–Kier alpha value is -2.08. The van der Waals surface area contributed by atoms with E-state index in [0.29, 0.717) is 4.88 Å². The van der Waals surface area contributed by atoms with Crippen molar-refractivity contribution in [2.45, 2.75) is 0 Å². The molecule has 0 fully saturated rings. The second kappa shape index (κ2) is 5.50. The number of hydrogen-bond donors (Lipinski definition) is 1. The fraction of sp³-hybridized carbons (Fsp3) is 0.167. The van der Waals surface area contributed by atoms with Crippen molar-refractivity contribution >= 4 is 23.2 Å². The summed E-state index contributed by atoms with van der Waals surface area (Å²) < 4.78 is 6.32. The number of hydrogen-bond acceptors (Lipinski definition) is 4. The summed E-state index contributed by atoms with van der Waals surface area (Å²) in [6, 6.07) is 5.62. The molecule has 2 aromatic rings. The lowest BCUT2D eigenvalue weighted by Gasteiger charge is -2.05. The quantitative estimate of drug-likeness (QED) is 0.850. The molecule has 0 atom stereocenters. The van der Waals surface area contributed by atoms with Crippen molar-refractivity contribution in [3.63, 3.8) is 0 Å². The highest BCUT2D eigenvalue weighted by molar-refractivity contribution is 7.12. The van der Waals surface area contributed by atoms with Gasteiger partial charge >= 0.3 is 5.97 Å². The van der Waals surface area contributed by atoms with E-state index in [1.165, 1.54) is 18.4 Å². The number of carbonyl (C=O) groups is 2. The van der Waals surface area contributed by atoms with Gasteiger partial charge in [0.2, 0.25) is 0 Å². The van der Waals surface area contributed by atoms with Crippen molar-refractivity contribution in [1.82, 2.24) is 9.88 Å². The number of rotatable bonds is 4. The van der Waals surface area contributed by atoms with E-state index in [9.17, 15) is 9.59 Å². The Bertz CT molecular complexity index is 545. The summed E-state index contributed by atoms with van der Waals surface area (Å²) in [7, 11) is 1.28. The van der Waals surface area contributed by atoms with Crippen LogP contribution >= 0.6 is 11.3 Å². The van der Waals surface area contributed by atoms with E-state index >= 15 is 0 Å². The van der Waals surface area contributed by atoms with Crippen LogP contribution in [0.5, 0.6) is 0 Å². The van der Waals surface area contributed by atoms with Gasteiger partial charge in [0.1, 0.15) is 11.4 Å². The maximum Gasteiger partial charge on any atom is 0.325 e. The van der Waals surface area contributed by atoms with Crippen LogP contribution in [0.15, 0.2) is 36.0 Å². The zero-order chi connectivity index (χ0) is 13.0. The Morgan fingerprint density at radius 2 is 2.11 bits per heavy atom. The number of amides is 1. The number of esters is 1. The minimum absolute atomic E-state index is 0.127. The summed E-state index contributed by atoms with van der Waals surface area (Å²) in [6.45, 7) is -0.127. The van der Waals surface area contributed by atoms with E-state index in [2.05, 4.69) is 10.1 Å². The van der Waals surface area contributed by atoms with E-state index in [0.717, 1.165) is 5.69 Å². The van der Waals surface area contributed by atoms with E-state index in [1.54, 1.807) is 0 Å². The first-order valence-corrected chi connectivity index (χ1v) is 6.16. The zero-order valence-electron chi connectivity index (χ0n) is 9.75. The molecule has 0 unspecified atom stereocenters. The minimum atomic E-state index is -0.470. The lowest BCUT2D eigenvalue weighted by atomic mass is 10.3. The smallest absolute Gasteiger partial charge is 0.325 e. The van der Waals surface area contributed by atoms with E-state index in [4.69, 9.17) is 0 Å². The fourth-order valence-corrected chi connectivity index (χ4v) is 2.28. The standard InChI is InChI=1S/C12H12N2O3S/c1-17-10(15)8-13-12(16)11-9(4-7-18-11)14-5-2-3-6-14/h2-7H,8H2,1H3,(H,13,16). The first-order valence-electron chi connectivity index (χ1n) is 5.28. The van der Waals surface area contributed by atoms with Gasteiger partial charge in [-0.25, -0.2) is 0 Å². The molecule has 94 valence electrons. The molecule has 0 spiro atoms. The van der Waals surface area contributed by atoms with Crippen LogP contribution < -0.4 is 5.32 Å². The summed E-state index contributed by atoms with van der Waals surface area (Å²) >= 11 is 1.33. The van der Waals surface area contributed by atoms with Gasteiger partial charge in [-0.3, -0.25) is 9.59 Å². The largest absolute Gasteiger partial charge is 0.468 e. The first-order chi connectivity index (χ1) is 8.72. The Balaban J connectivity index is 2.12. The van der Waals surface area contributed by atoms with Crippen LogP contribution in [-0.4, -0.2) is 30.1 Å². The molecule has 0 aliphatic rings. The van der Waals surface area contributed by atoms with Crippen molar-refractivity contribution in [2.75, 3.05) is 13.7 Å². The average molecular weight is 264 g/mol. The van der Waals surface area contributed by atoms with E-state index < -0.39 is 5.97 Å². The molecule has 1 amide bonds. The van der Waals surface area contributed by atoms with Crippen molar-refractivity contribution in [1.29, 1.82) is 0 Å². The topological polar surface area (TPSA) is 60.3 Å². The highest BCUT2D eigenvalue weighted by Gasteiger charge is 2.14. The maximum absolute atomic E-state index is 11.9. The Labute approximate surface area is 108 Å². The summed E-state index contributed by atoms with van der Waals surface area (Å²) in [5.41, 5.74) is 0.798. The van der Waals surface area contributed by atoms with Gasteiger partial charge in [-0.05, 0) is 23.6 Å². The Morgan fingerprint density at radius 1 is 1.39 bits per heavy atom. The third-order valence-electron chi connectivity index (χ3n) is 2.35. The molecule has 5 nitrogen and oxygen atoms in total. The third kappa shape index (κ3) is 2.60. The van der Waals surface area contributed by atoms with E-state index in [-0.39, 0.29) is 12.5 Å². The van der Waals surface area contributed by atoms with Crippen molar-refractivity contribution in [3.8, 4) is 5.69 Å². The van der Waals surface area contributed by atoms with Crippen molar-refractivity contribution < 1.29 is 14.3 Å². The summed E-state index contributed by atoms with van der Waals surface area (Å²) in [5, 5.41) is 4.36. The van der Waals surface area contributed by atoms with Crippen LogP contribution in [0.1, 0.15) is 9.67 Å². The summed E-state index contributed by atoms with van der Waals surface area (Å²) in [4.78, 5) is 23.4. The van der Waals surface area contributed by atoms with Crippen LogP contribution in [0.2, 0.25) is 0 Å². The lowest BCUT2D eigenvalue weighted by molar-refractivity contribution is -0.139. The first kappa shape index (κ1) is 12.4. The number of nitrogens with zero attached hydrogens (tertiary/aromatic N) is 1. The molecule has 18 heavy (non-hydrogen) atoms. The second-order valence-electron chi connectivity index (χ2n) is 3.48. The zero-order valence-corrected chi connectivity index (χ0v) is 10.6. The van der Waals surface area contributed by atoms with Gasteiger partial charge < -0.3 is 14.6 Å². The molecule has 0 aromatic carbocycles. The normalized spacial score (nSPS) is 10.1. The van der Waals surface area contributed by atoms with Crippen molar-refractivity contribution in [3.05, 3.63) is 40.8 Å². The van der Waals surface area contributed by atoms with Gasteiger partial charge in [0.15, 0.2) is 0 Å². The molecule has 2 heterocycles.